The average Bonchev–Trinajstić information content (AvgIpc) is 2.55. The van der Waals surface area contributed by atoms with Crippen molar-refractivity contribution >= 4 is 34.8 Å². The predicted molar refractivity (Wildman–Crippen MR) is 91.1 cm³/mol. The maximum Gasteiger partial charge on any atom is 0.236 e. The number of hydrogen-bond donors (Lipinski definition) is 1. The predicted octanol–water partition coefficient (Wildman–Crippen LogP) is 3.34. The lowest BCUT2D eigenvalue weighted by Crippen LogP contribution is -2.30. The molecule has 0 fully saturated rings. The molecule has 0 aliphatic heterocycles. The van der Waals surface area contributed by atoms with E-state index >= 15 is 0 Å². The molecule has 0 saturated carbocycles. The van der Waals surface area contributed by atoms with Gasteiger partial charge in [-0.25, -0.2) is 0 Å². The quantitative estimate of drug-likeness (QED) is 0.854. The molecule has 2 amide bonds. The Bertz CT molecular complexity index is 704. The zero-order chi connectivity index (χ0) is 16.8. The van der Waals surface area contributed by atoms with Gasteiger partial charge >= 0.3 is 0 Å². The second-order valence-electron chi connectivity index (χ2n) is 4.86. The SMILES string of the molecule is COc1ccc(Cl)cc1NC(=O)CC(=O)N(C)c1ccccc1. The molecule has 0 unspecified atom stereocenters. The fraction of sp³-hybridized carbons (Fsp3) is 0.176. The Kier molecular flexibility index (Phi) is 5.60. The van der Waals surface area contributed by atoms with Crippen LogP contribution in [-0.2, 0) is 9.59 Å². The molecule has 0 aliphatic rings. The molecule has 2 rings (SSSR count). The third-order valence-electron chi connectivity index (χ3n) is 3.26. The van der Waals surface area contributed by atoms with Gasteiger partial charge in [-0.2, -0.15) is 0 Å². The van der Waals surface area contributed by atoms with Crippen molar-refractivity contribution in [1.29, 1.82) is 0 Å². The highest BCUT2D eigenvalue weighted by Crippen LogP contribution is 2.27. The fourth-order valence-electron chi connectivity index (χ4n) is 2.02. The van der Waals surface area contributed by atoms with E-state index < -0.39 is 5.91 Å². The Hall–Kier alpha value is -2.53. The minimum Gasteiger partial charge on any atom is -0.495 e. The van der Waals surface area contributed by atoms with Crippen molar-refractivity contribution in [2.75, 3.05) is 24.4 Å². The van der Waals surface area contributed by atoms with E-state index in [1.165, 1.54) is 12.0 Å². The van der Waals surface area contributed by atoms with Crippen LogP contribution in [0.5, 0.6) is 5.75 Å². The van der Waals surface area contributed by atoms with Crippen molar-refractivity contribution in [3.05, 3.63) is 53.6 Å². The summed E-state index contributed by atoms with van der Waals surface area (Å²) >= 11 is 5.91. The number of nitrogens with zero attached hydrogens (tertiary/aromatic N) is 1. The molecule has 2 aromatic carbocycles. The molecule has 0 radical (unpaired) electrons. The number of para-hydroxylation sites is 1. The fourth-order valence-corrected chi connectivity index (χ4v) is 2.20. The van der Waals surface area contributed by atoms with E-state index in [-0.39, 0.29) is 12.3 Å². The molecule has 5 nitrogen and oxygen atoms in total. The zero-order valence-corrected chi connectivity index (χ0v) is 13.6. The molecule has 1 N–H and O–H groups in total. The first-order valence-electron chi connectivity index (χ1n) is 6.96. The molecule has 0 saturated heterocycles. The van der Waals surface area contributed by atoms with Gasteiger partial charge in [0.05, 0.1) is 12.8 Å². The molecule has 23 heavy (non-hydrogen) atoms. The number of halogens is 1. The van der Waals surface area contributed by atoms with E-state index in [0.717, 1.165) is 5.69 Å². The Morgan fingerprint density at radius 1 is 1.17 bits per heavy atom. The second-order valence-corrected chi connectivity index (χ2v) is 5.29. The number of carbonyl (C=O) groups is 2. The van der Waals surface area contributed by atoms with Gasteiger partial charge in [-0.1, -0.05) is 29.8 Å². The molecule has 2 aromatic rings. The zero-order valence-electron chi connectivity index (χ0n) is 12.9. The summed E-state index contributed by atoms with van der Waals surface area (Å²) in [5.74, 6) is -0.264. The van der Waals surface area contributed by atoms with Crippen molar-refractivity contribution < 1.29 is 14.3 Å². The van der Waals surface area contributed by atoms with E-state index in [1.807, 2.05) is 18.2 Å². The highest BCUT2D eigenvalue weighted by molar-refractivity contribution is 6.31. The third-order valence-corrected chi connectivity index (χ3v) is 3.50. The first-order chi connectivity index (χ1) is 11.0. The monoisotopic (exact) mass is 332 g/mol. The summed E-state index contributed by atoms with van der Waals surface area (Å²) in [4.78, 5) is 25.7. The smallest absolute Gasteiger partial charge is 0.236 e. The molecule has 0 spiro atoms. The van der Waals surface area contributed by atoms with Crippen LogP contribution in [0.1, 0.15) is 6.42 Å². The number of carbonyl (C=O) groups excluding carboxylic acids is 2. The largest absolute Gasteiger partial charge is 0.495 e. The summed E-state index contributed by atoms with van der Waals surface area (Å²) in [5, 5.41) is 3.11. The van der Waals surface area contributed by atoms with Crippen LogP contribution in [-0.4, -0.2) is 26.0 Å². The van der Waals surface area contributed by atoms with Crippen LogP contribution in [0.2, 0.25) is 5.02 Å². The molecule has 6 heteroatoms. The summed E-state index contributed by atoms with van der Waals surface area (Å²) in [7, 11) is 3.12. The number of anilines is 2. The summed E-state index contributed by atoms with van der Waals surface area (Å²) in [6.45, 7) is 0. The molecule has 0 bridgehead atoms. The van der Waals surface area contributed by atoms with Crippen molar-refractivity contribution in [3.8, 4) is 5.75 Å². The number of ether oxygens (including phenoxy) is 1. The summed E-state index contributed by atoms with van der Waals surface area (Å²) in [5.41, 5.74) is 1.16. The van der Waals surface area contributed by atoms with Gasteiger partial charge in [0.25, 0.3) is 0 Å². The highest BCUT2D eigenvalue weighted by atomic mass is 35.5. The third kappa shape index (κ3) is 4.47. The van der Waals surface area contributed by atoms with Gasteiger partial charge in [-0.15, -0.1) is 0 Å². The van der Waals surface area contributed by atoms with E-state index in [4.69, 9.17) is 16.3 Å². The van der Waals surface area contributed by atoms with Crippen LogP contribution in [0.4, 0.5) is 11.4 Å². The maximum absolute atomic E-state index is 12.2. The van der Waals surface area contributed by atoms with E-state index in [2.05, 4.69) is 5.32 Å². The molecule has 120 valence electrons. The number of rotatable bonds is 5. The van der Waals surface area contributed by atoms with E-state index in [0.29, 0.717) is 16.5 Å². The standard InChI is InChI=1S/C17H17ClN2O3/c1-20(13-6-4-3-5-7-13)17(22)11-16(21)19-14-10-12(18)8-9-15(14)23-2/h3-10H,11H2,1-2H3,(H,19,21). The van der Waals surface area contributed by atoms with Crippen LogP contribution in [0.15, 0.2) is 48.5 Å². The van der Waals surface area contributed by atoms with Crippen LogP contribution in [0, 0.1) is 0 Å². The van der Waals surface area contributed by atoms with Crippen molar-refractivity contribution in [1.82, 2.24) is 0 Å². The van der Waals surface area contributed by atoms with Gasteiger partial charge in [-0.05, 0) is 30.3 Å². The van der Waals surface area contributed by atoms with Gasteiger partial charge in [0.15, 0.2) is 0 Å². The van der Waals surface area contributed by atoms with Gasteiger partial charge in [0.1, 0.15) is 12.2 Å². The summed E-state index contributed by atoms with van der Waals surface area (Å²) in [6, 6.07) is 14.0. The number of amides is 2. The van der Waals surface area contributed by atoms with Crippen LogP contribution >= 0.6 is 11.6 Å². The topological polar surface area (TPSA) is 58.6 Å². The molecular weight excluding hydrogens is 316 g/mol. The normalized spacial score (nSPS) is 10.0. The summed E-state index contributed by atoms with van der Waals surface area (Å²) in [6.07, 6.45) is -0.277. The first-order valence-corrected chi connectivity index (χ1v) is 7.34. The summed E-state index contributed by atoms with van der Waals surface area (Å²) < 4.78 is 5.15. The van der Waals surface area contributed by atoms with Crippen molar-refractivity contribution in [2.24, 2.45) is 0 Å². The van der Waals surface area contributed by atoms with Gasteiger partial charge in [0, 0.05) is 17.8 Å². The van der Waals surface area contributed by atoms with Crippen LogP contribution in [0.3, 0.4) is 0 Å². The van der Waals surface area contributed by atoms with E-state index in [1.54, 1.807) is 37.4 Å². The highest BCUT2D eigenvalue weighted by Gasteiger charge is 2.16. The van der Waals surface area contributed by atoms with Gasteiger partial charge in [-0.3, -0.25) is 9.59 Å². The Labute approximate surface area is 139 Å². The number of nitrogens with one attached hydrogen (secondary N) is 1. The molecule has 0 aliphatic carbocycles. The van der Waals surface area contributed by atoms with Gasteiger partial charge < -0.3 is 15.0 Å². The minimum absolute atomic E-state index is 0.277. The van der Waals surface area contributed by atoms with Crippen LogP contribution < -0.4 is 15.0 Å². The first kappa shape index (κ1) is 16.8. The number of benzene rings is 2. The molecular formula is C17H17ClN2O3. The molecule has 0 heterocycles. The average molecular weight is 333 g/mol. The Morgan fingerprint density at radius 2 is 1.87 bits per heavy atom. The van der Waals surface area contributed by atoms with E-state index in [9.17, 15) is 9.59 Å². The van der Waals surface area contributed by atoms with Crippen molar-refractivity contribution in [2.45, 2.75) is 6.42 Å². The maximum atomic E-state index is 12.2. The van der Waals surface area contributed by atoms with Crippen LogP contribution in [0.25, 0.3) is 0 Å². The minimum atomic E-state index is -0.432. The van der Waals surface area contributed by atoms with Crippen molar-refractivity contribution in [3.63, 3.8) is 0 Å². The lowest BCUT2D eigenvalue weighted by Gasteiger charge is -2.17. The lowest BCUT2D eigenvalue weighted by molar-refractivity contribution is -0.125. The number of methoxy groups -OCH3 is 1. The molecule has 0 aromatic heterocycles. The Balaban J connectivity index is 2.02. The number of hydrogen-bond acceptors (Lipinski definition) is 3. The molecule has 0 atom stereocenters. The van der Waals surface area contributed by atoms with Gasteiger partial charge in [0.2, 0.25) is 11.8 Å². The second kappa shape index (κ2) is 7.65. The Morgan fingerprint density at radius 3 is 2.52 bits per heavy atom. The lowest BCUT2D eigenvalue weighted by atomic mass is 10.2.